The normalized spacial score (nSPS) is 11.4. The van der Waals surface area contributed by atoms with Crippen molar-refractivity contribution < 1.29 is 4.79 Å². The van der Waals surface area contributed by atoms with Gasteiger partial charge in [-0.3, -0.25) is 9.89 Å². The molecule has 0 aliphatic heterocycles. The van der Waals surface area contributed by atoms with Gasteiger partial charge in [-0.1, -0.05) is 27.7 Å². The molecule has 0 spiro atoms. The van der Waals surface area contributed by atoms with Crippen LogP contribution in [0.25, 0.3) is 0 Å². The Morgan fingerprint density at radius 3 is 2.31 bits per heavy atom. The van der Waals surface area contributed by atoms with E-state index >= 15 is 0 Å². The molecular weight excluding hydrogens is 204 g/mol. The van der Waals surface area contributed by atoms with Crippen molar-refractivity contribution in [3.63, 3.8) is 0 Å². The van der Waals surface area contributed by atoms with E-state index in [9.17, 15) is 4.79 Å². The van der Waals surface area contributed by atoms with E-state index in [-0.39, 0.29) is 11.9 Å². The molecule has 4 N–H and O–H groups in total. The molecule has 0 saturated heterocycles. The van der Waals surface area contributed by atoms with Crippen LogP contribution in [0.2, 0.25) is 0 Å². The summed E-state index contributed by atoms with van der Waals surface area (Å²) in [6.45, 7) is 8.36. The second kappa shape index (κ2) is 5.01. The average molecular weight is 224 g/mol. The number of aromatic nitrogens is 2. The summed E-state index contributed by atoms with van der Waals surface area (Å²) in [5.74, 6) is 0.959. The van der Waals surface area contributed by atoms with Gasteiger partial charge >= 0.3 is 0 Å². The van der Waals surface area contributed by atoms with Gasteiger partial charge in [-0.05, 0) is 11.8 Å². The number of H-pyrrole nitrogens is 1. The van der Waals surface area contributed by atoms with Gasteiger partial charge in [-0.15, -0.1) is 0 Å². The Kier molecular flexibility index (Phi) is 3.93. The molecule has 1 heterocycles. The number of nitrogen functional groups attached to an aromatic ring is 1. The molecule has 1 aromatic heterocycles. The molecule has 0 atom stereocenters. The largest absolute Gasteiger partial charge is 0.382 e. The minimum absolute atomic E-state index is 0.150. The number of nitrogens with one attached hydrogen (secondary N) is 2. The molecule has 5 heteroatoms. The minimum Gasteiger partial charge on any atom is -0.382 e. The third-order valence-corrected chi connectivity index (χ3v) is 2.58. The summed E-state index contributed by atoms with van der Waals surface area (Å²) in [5.41, 5.74) is 5.85. The summed E-state index contributed by atoms with van der Waals surface area (Å²) in [5, 5.41) is 9.31. The topological polar surface area (TPSA) is 83.8 Å². The Bertz CT molecular complexity index is 349. The first-order valence-corrected chi connectivity index (χ1v) is 5.53. The van der Waals surface area contributed by atoms with E-state index in [0.29, 0.717) is 23.3 Å². The smallest absolute Gasteiger partial charge is 0.269 e. The third-order valence-electron chi connectivity index (χ3n) is 2.58. The Balaban J connectivity index is 2.69. The van der Waals surface area contributed by atoms with E-state index in [2.05, 4.69) is 43.2 Å². The van der Waals surface area contributed by atoms with Crippen LogP contribution in [0.15, 0.2) is 6.07 Å². The molecule has 0 aromatic carbocycles. The molecule has 0 bridgehead atoms. The molecule has 0 radical (unpaired) electrons. The quantitative estimate of drug-likeness (QED) is 0.722. The van der Waals surface area contributed by atoms with Crippen LogP contribution in [0.5, 0.6) is 0 Å². The molecule has 1 amide bonds. The molecule has 90 valence electrons. The number of nitrogens with two attached hydrogens (primary N) is 1. The van der Waals surface area contributed by atoms with Crippen molar-refractivity contribution in [2.45, 2.75) is 33.7 Å². The van der Waals surface area contributed by atoms with Crippen LogP contribution in [0.3, 0.4) is 0 Å². The molecule has 16 heavy (non-hydrogen) atoms. The molecule has 1 aromatic rings. The molecule has 0 saturated carbocycles. The van der Waals surface area contributed by atoms with Gasteiger partial charge in [0.05, 0.1) is 0 Å². The fourth-order valence-electron chi connectivity index (χ4n) is 1.79. The van der Waals surface area contributed by atoms with Crippen LogP contribution in [0.1, 0.15) is 38.2 Å². The predicted molar refractivity (Wildman–Crippen MR) is 63.9 cm³/mol. The lowest BCUT2D eigenvalue weighted by molar-refractivity contribution is 0.0905. The molecule has 1 rings (SSSR count). The number of carbonyl (C=O) groups excluding carboxylic acids is 1. The number of aromatic amines is 1. The van der Waals surface area contributed by atoms with Crippen LogP contribution in [0, 0.1) is 11.8 Å². The number of carbonyl (C=O) groups is 1. The first kappa shape index (κ1) is 12.5. The van der Waals surface area contributed by atoms with Crippen molar-refractivity contribution in [1.29, 1.82) is 0 Å². The minimum atomic E-state index is -0.156. The predicted octanol–water partition coefficient (Wildman–Crippen LogP) is 1.40. The number of rotatable bonds is 4. The van der Waals surface area contributed by atoms with Gasteiger partial charge in [0.25, 0.3) is 5.91 Å². The Hall–Kier alpha value is -1.52. The monoisotopic (exact) mass is 224 g/mol. The lowest BCUT2D eigenvalue weighted by atomic mass is 9.93. The fourth-order valence-corrected chi connectivity index (χ4v) is 1.79. The summed E-state index contributed by atoms with van der Waals surface area (Å²) in [7, 11) is 0. The second-order valence-electron chi connectivity index (χ2n) is 4.69. The third kappa shape index (κ3) is 2.98. The zero-order valence-corrected chi connectivity index (χ0v) is 10.2. The van der Waals surface area contributed by atoms with Crippen LogP contribution in [0.4, 0.5) is 5.82 Å². The first-order chi connectivity index (χ1) is 7.41. The maximum Gasteiger partial charge on any atom is 0.269 e. The van der Waals surface area contributed by atoms with Crippen LogP contribution in [-0.4, -0.2) is 22.1 Å². The molecule has 0 aliphatic carbocycles. The standard InChI is InChI=1S/C11H20N4O/c1-6(2)10(7(3)4)13-11(16)8-5-9(12)15-14-8/h5-7,10H,1-4H3,(H,13,16)(H3,12,14,15). The van der Waals surface area contributed by atoms with Crippen molar-refractivity contribution in [1.82, 2.24) is 15.5 Å². The van der Waals surface area contributed by atoms with Gasteiger partial charge in [-0.2, -0.15) is 5.10 Å². The maximum atomic E-state index is 11.8. The average Bonchev–Trinajstić information content (AvgIpc) is 2.59. The van der Waals surface area contributed by atoms with Gasteiger partial charge in [0.2, 0.25) is 0 Å². The molecule has 0 unspecified atom stereocenters. The van der Waals surface area contributed by atoms with E-state index < -0.39 is 0 Å². The highest BCUT2D eigenvalue weighted by Crippen LogP contribution is 2.12. The van der Waals surface area contributed by atoms with E-state index in [1.54, 1.807) is 0 Å². The summed E-state index contributed by atoms with van der Waals surface area (Å²) in [6, 6.07) is 1.68. The fraction of sp³-hybridized carbons (Fsp3) is 0.636. The highest BCUT2D eigenvalue weighted by molar-refractivity contribution is 5.93. The summed E-state index contributed by atoms with van der Waals surface area (Å²) in [4.78, 5) is 11.8. The van der Waals surface area contributed by atoms with Crippen molar-refractivity contribution in [3.8, 4) is 0 Å². The molecule has 5 nitrogen and oxygen atoms in total. The van der Waals surface area contributed by atoms with Crippen LogP contribution >= 0.6 is 0 Å². The van der Waals surface area contributed by atoms with E-state index in [4.69, 9.17) is 5.73 Å². The number of hydrogen-bond acceptors (Lipinski definition) is 3. The van der Waals surface area contributed by atoms with Crippen molar-refractivity contribution >= 4 is 11.7 Å². The molecule has 0 aliphatic rings. The number of amides is 1. The van der Waals surface area contributed by atoms with Gasteiger partial charge in [-0.25, -0.2) is 0 Å². The highest BCUT2D eigenvalue weighted by Gasteiger charge is 2.21. The lowest BCUT2D eigenvalue weighted by Gasteiger charge is -2.25. The van der Waals surface area contributed by atoms with Gasteiger partial charge < -0.3 is 11.1 Å². The summed E-state index contributed by atoms with van der Waals surface area (Å²) >= 11 is 0. The van der Waals surface area contributed by atoms with E-state index in [1.807, 2.05) is 0 Å². The Morgan fingerprint density at radius 2 is 1.94 bits per heavy atom. The Morgan fingerprint density at radius 1 is 1.38 bits per heavy atom. The maximum absolute atomic E-state index is 11.8. The highest BCUT2D eigenvalue weighted by atomic mass is 16.2. The van der Waals surface area contributed by atoms with Gasteiger partial charge in [0.15, 0.2) is 0 Å². The lowest BCUT2D eigenvalue weighted by Crippen LogP contribution is -2.42. The van der Waals surface area contributed by atoms with Crippen LogP contribution < -0.4 is 11.1 Å². The molecular formula is C11H20N4O. The van der Waals surface area contributed by atoms with Gasteiger partial charge in [0.1, 0.15) is 11.5 Å². The summed E-state index contributed by atoms with van der Waals surface area (Å²) < 4.78 is 0. The Labute approximate surface area is 95.8 Å². The SMILES string of the molecule is CC(C)C(NC(=O)c1cc(N)n[nH]1)C(C)C. The van der Waals surface area contributed by atoms with E-state index in [0.717, 1.165) is 0 Å². The number of anilines is 1. The summed E-state index contributed by atoms with van der Waals surface area (Å²) in [6.07, 6.45) is 0. The van der Waals surface area contributed by atoms with Crippen molar-refractivity contribution in [2.75, 3.05) is 5.73 Å². The zero-order chi connectivity index (χ0) is 12.3. The van der Waals surface area contributed by atoms with Crippen molar-refractivity contribution in [3.05, 3.63) is 11.8 Å². The number of nitrogens with zero attached hydrogens (tertiary/aromatic N) is 1. The van der Waals surface area contributed by atoms with E-state index in [1.165, 1.54) is 6.07 Å². The zero-order valence-electron chi connectivity index (χ0n) is 10.2. The van der Waals surface area contributed by atoms with Crippen molar-refractivity contribution in [2.24, 2.45) is 11.8 Å². The number of hydrogen-bond donors (Lipinski definition) is 3. The first-order valence-electron chi connectivity index (χ1n) is 5.53. The second-order valence-corrected chi connectivity index (χ2v) is 4.69. The van der Waals surface area contributed by atoms with Crippen LogP contribution in [-0.2, 0) is 0 Å². The molecule has 0 fully saturated rings. The van der Waals surface area contributed by atoms with Gasteiger partial charge in [0, 0.05) is 12.1 Å².